The van der Waals surface area contributed by atoms with Crippen LogP contribution in [0.4, 0.5) is 0 Å². The molecule has 7 heteroatoms. The van der Waals surface area contributed by atoms with Crippen molar-refractivity contribution in [3.05, 3.63) is 36.3 Å². The van der Waals surface area contributed by atoms with E-state index < -0.39 is 11.9 Å². The van der Waals surface area contributed by atoms with Gasteiger partial charge in [0.25, 0.3) is 0 Å². The number of hydrogen-bond acceptors (Lipinski definition) is 5. The molecule has 1 aromatic heterocycles. The van der Waals surface area contributed by atoms with Crippen LogP contribution < -0.4 is 5.32 Å². The molecule has 27 heavy (non-hydrogen) atoms. The van der Waals surface area contributed by atoms with Crippen molar-refractivity contribution < 1.29 is 29.0 Å². The third-order valence-corrected chi connectivity index (χ3v) is 4.69. The predicted molar refractivity (Wildman–Crippen MR) is 100 cm³/mol. The number of carboxylic acids is 2. The highest BCUT2D eigenvalue weighted by Crippen LogP contribution is 2.41. The van der Waals surface area contributed by atoms with E-state index in [2.05, 4.69) is 45.2 Å². The standard InChI is InChI=1S/C18H27NO2.C2H2O4/c1-13-7-5-9-18(3,4)17(13)16(20)11-14(2)19-12-15-8-6-10-21-15;3-1(4)2(5)6/h5-8,10,13-14,17,19H,9,11-12H2,1-4H3;(H,3,4)(H,5,6). The van der Waals surface area contributed by atoms with Gasteiger partial charge >= 0.3 is 11.9 Å². The molecule has 0 saturated carbocycles. The van der Waals surface area contributed by atoms with Gasteiger partial charge in [0.15, 0.2) is 0 Å². The summed E-state index contributed by atoms with van der Waals surface area (Å²) in [7, 11) is 0. The molecule has 0 aliphatic heterocycles. The third kappa shape index (κ3) is 7.38. The van der Waals surface area contributed by atoms with Crippen LogP contribution in [0.2, 0.25) is 0 Å². The van der Waals surface area contributed by atoms with Gasteiger partial charge in [-0.3, -0.25) is 4.79 Å². The monoisotopic (exact) mass is 379 g/mol. The molecule has 1 aliphatic rings. The maximum absolute atomic E-state index is 12.7. The molecule has 0 aromatic carbocycles. The quantitative estimate of drug-likeness (QED) is 0.513. The number of Topliss-reactive ketones (excluding diaryl/α,β-unsaturated/α-hetero) is 1. The Balaban J connectivity index is 0.000000527. The molecule has 2 rings (SSSR count). The molecular weight excluding hydrogens is 350 g/mol. The van der Waals surface area contributed by atoms with Crippen molar-refractivity contribution in [3.63, 3.8) is 0 Å². The first-order chi connectivity index (χ1) is 12.5. The Morgan fingerprint density at radius 1 is 1.30 bits per heavy atom. The second kappa shape index (κ2) is 10.1. The molecule has 3 atom stereocenters. The molecule has 3 N–H and O–H groups in total. The van der Waals surface area contributed by atoms with E-state index in [-0.39, 0.29) is 17.4 Å². The molecule has 150 valence electrons. The normalized spacial score (nSPS) is 21.6. The summed E-state index contributed by atoms with van der Waals surface area (Å²) in [6.07, 6.45) is 7.64. The van der Waals surface area contributed by atoms with Gasteiger partial charge in [-0.25, -0.2) is 9.59 Å². The van der Waals surface area contributed by atoms with Gasteiger partial charge in [0.1, 0.15) is 11.5 Å². The van der Waals surface area contributed by atoms with E-state index in [0.29, 0.717) is 24.7 Å². The van der Waals surface area contributed by atoms with Gasteiger partial charge < -0.3 is 19.9 Å². The van der Waals surface area contributed by atoms with Crippen molar-refractivity contribution in [2.75, 3.05) is 0 Å². The first-order valence-corrected chi connectivity index (χ1v) is 8.96. The van der Waals surface area contributed by atoms with Gasteiger partial charge in [-0.1, -0.05) is 32.9 Å². The summed E-state index contributed by atoms with van der Waals surface area (Å²) >= 11 is 0. The summed E-state index contributed by atoms with van der Waals surface area (Å²) in [6.45, 7) is 9.30. The van der Waals surface area contributed by atoms with Crippen molar-refractivity contribution in [3.8, 4) is 0 Å². The SMILES string of the molecule is CC(CC(=O)C1C(C)C=CCC1(C)C)NCc1ccco1.O=C(O)C(=O)O. The van der Waals surface area contributed by atoms with Gasteiger partial charge in [-0.15, -0.1) is 0 Å². The number of hydrogen-bond donors (Lipinski definition) is 3. The fourth-order valence-corrected chi connectivity index (χ4v) is 3.45. The second-order valence-corrected chi connectivity index (χ2v) is 7.60. The molecule has 0 amide bonds. The van der Waals surface area contributed by atoms with Crippen LogP contribution >= 0.6 is 0 Å². The number of allylic oxidation sites excluding steroid dienone is 2. The number of nitrogens with one attached hydrogen (secondary N) is 1. The summed E-state index contributed by atoms with van der Waals surface area (Å²) in [5.74, 6) is -1.92. The lowest BCUT2D eigenvalue weighted by atomic mass is 9.65. The highest BCUT2D eigenvalue weighted by Gasteiger charge is 2.39. The number of carboxylic acid groups (broad SMARTS) is 2. The highest BCUT2D eigenvalue weighted by atomic mass is 16.4. The van der Waals surface area contributed by atoms with Crippen LogP contribution in [0.15, 0.2) is 35.0 Å². The summed E-state index contributed by atoms with van der Waals surface area (Å²) in [4.78, 5) is 30.9. The molecule has 0 radical (unpaired) electrons. The molecule has 0 spiro atoms. The Hall–Kier alpha value is -2.41. The van der Waals surface area contributed by atoms with E-state index in [0.717, 1.165) is 12.2 Å². The van der Waals surface area contributed by atoms with E-state index in [1.54, 1.807) is 6.26 Å². The van der Waals surface area contributed by atoms with Crippen LogP contribution in [-0.2, 0) is 20.9 Å². The Morgan fingerprint density at radius 2 is 1.93 bits per heavy atom. The van der Waals surface area contributed by atoms with Crippen LogP contribution in [0, 0.1) is 17.3 Å². The smallest absolute Gasteiger partial charge is 0.414 e. The van der Waals surface area contributed by atoms with Crippen LogP contribution in [-0.4, -0.2) is 34.0 Å². The minimum Gasteiger partial charge on any atom is -0.473 e. The molecule has 1 aromatic rings. The summed E-state index contributed by atoms with van der Waals surface area (Å²) in [6, 6.07) is 3.99. The van der Waals surface area contributed by atoms with Crippen molar-refractivity contribution in [2.24, 2.45) is 17.3 Å². The third-order valence-electron chi connectivity index (χ3n) is 4.69. The molecule has 1 aliphatic carbocycles. The summed E-state index contributed by atoms with van der Waals surface area (Å²) in [5, 5.41) is 18.1. The first kappa shape index (κ1) is 22.6. The molecule has 0 fully saturated rings. The fourth-order valence-electron chi connectivity index (χ4n) is 3.45. The maximum atomic E-state index is 12.7. The Kier molecular flexibility index (Phi) is 8.43. The van der Waals surface area contributed by atoms with Crippen LogP contribution in [0.3, 0.4) is 0 Å². The summed E-state index contributed by atoms with van der Waals surface area (Å²) < 4.78 is 5.30. The zero-order chi connectivity index (χ0) is 20.6. The topological polar surface area (TPSA) is 117 Å². The maximum Gasteiger partial charge on any atom is 0.414 e. The molecule has 1 heterocycles. The van der Waals surface area contributed by atoms with E-state index >= 15 is 0 Å². The molecular formula is C20H29NO6. The van der Waals surface area contributed by atoms with Crippen molar-refractivity contribution in [2.45, 2.75) is 53.1 Å². The Labute approximate surface area is 159 Å². The zero-order valence-corrected chi connectivity index (χ0v) is 16.3. The lowest BCUT2D eigenvalue weighted by Gasteiger charge is -2.39. The summed E-state index contributed by atoms with van der Waals surface area (Å²) in [5.41, 5.74) is 0.0615. The predicted octanol–water partition coefficient (Wildman–Crippen LogP) is 3.11. The molecule has 7 nitrogen and oxygen atoms in total. The Morgan fingerprint density at radius 3 is 2.41 bits per heavy atom. The van der Waals surface area contributed by atoms with E-state index in [1.807, 2.05) is 12.1 Å². The number of aliphatic carboxylic acids is 2. The van der Waals surface area contributed by atoms with Gasteiger partial charge in [0.2, 0.25) is 0 Å². The lowest BCUT2D eigenvalue weighted by Crippen LogP contribution is -2.40. The molecule has 3 unspecified atom stereocenters. The Bertz CT molecular complexity index is 650. The second-order valence-electron chi connectivity index (χ2n) is 7.60. The van der Waals surface area contributed by atoms with Gasteiger partial charge in [0.05, 0.1) is 12.8 Å². The lowest BCUT2D eigenvalue weighted by molar-refractivity contribution is -0.159. The van der Waals surface area contributed by atoms with Gasteiger partial charge in [-0.05, 0) is 36.8 Å². The number of carbonyl (C=O) groups excluding carboxylic acids is 1. The van der Waals surface area contributed by atoms with E-state index in [9.17, 15) is 4.79 Å². The van der Waals surface area contributed by atoms with Crippen LogP contribution in [0.5, 0.6) is 0 Å². The largest absolute Gasteiger partial charge is 0.473 e. The van der Waals surface area contributed by atoms with Crippen LogP contribution in [0.1, 0.15) is 46.3 Å². The number of carbonyl (C=O) groups is 3. The van der Waals surface area contributed by atoms with Crippen molar-refractivity contribution in [1.82, 2.24) is 5.32 Å². The minimum atomic E-state index is -1.82. The molecule has 0 saturated heterocycles. The number of ketones is 1. The van der Waals surface area contributed by atoms with E-state index in [4.69, 9.17) is 24.2 Å². The number of rotatable bonds is 6. The van der Waals surface area contributed by atoms with E-state index in [1.165, 1.54) is 0 Å². The molecule has 0 bridgehead atoms. The minimum absolute atomic E-state index is 0.0615. The average Bonchev–Trinajstić information content (AvgIpc) is 3.05. The zero-order valence-electron chi connectivity index (χ0n) is 16.3. The highest BCUT2D eigenvalue weighted by molar-refractivity contribution is 6.27. The van der Waals surface area contributed by atoms with Crippen molar-refractivity contribution >= 4 is 17.7 Å². The fraction of sp³-hybridized carbons (Fsp3) is 0.550. The van der Waals surface area contributed by atoms with Crippen molar-refractivity contribution in [1.29, 1.82) is 0 Å². The first-order valence-electron chi connectivity index (χ1n) is 8.96. The van der Waals surface area contributed by atoms with Gasteiger partial charge in [-0.2, -0.15) is 0 Å². The average molecular weight is 379 g/mol. The van der Waals surface area contributed by atoms with Gasteiger partial charge in [0, 0.05) is 18.4 Å². The number of furan rings is 1. The van der Waals surface area contributed by atoms with Crippen LogP contribution in [0.25, 0.3) is 0 Å².